The van der Waals surface area contributed by atoms with Gasteiger partial charge in [0.2, 0.25) is 0 Å². The van der Waals surface area contributed by atoms with Gasteiger partial charge in [-0.15, -0.1) is 8.93 Å². The molecule has 0 aliphatic heterocycles. The van der Waals surface area contributed by atoms with E-state index in [4.69, 9.17) is 0 Å². The standard InChI is InChI=1S/B2H6P2/c1-4(2)3/h1-3H2. The predicted molar refractivity (Wildman–Crippen MR) is 33.7 cm³/mol. The van der Waals surface area contributed by atoms with E-state index < -0.39 is 0 Å². The highest BCUT2D eigenvalue weighted by Crippen LogP contribution is 2.30. The Kier molecular flexibility index (Phi) is 2.79. The molecule has 0 aliphatic rings. The van der Waals surface area contributed by atoms with Crippen LogP contribution in [0.5, 0.6) is 0 Å². The van der Waals surface area contributed by atoms with Crippen molar-refractivity contribution in [2.45, 2.75) is 0 Å². The molecule has 0 heterocycles. The van der Waals surface area contributed by atoms with E-state index in [2.05, 4.69) is 24.1 Å². The number of rotatable bonds is 0. The summed E-state index contributed by atoms with van der Waals surface area (Å²) in [5, 5.41) is 0. The molecule has 0 aromatic rings. The molecule has 0 aromatic carbocycles. The van der Waals surface area contributed by atoms with Crippen molar-refractivity contribution >= 4 is 31.4 Å². The molecule has 0 rings (SSSR count). The maximum Gasteiger partial charge on any atom is 0.127 e. The fraction of sp³-hybridized carbons (Fsp3) is 0. The SMILES string of the molecule is BP(B)P. The first-order chi connectivity index (χ1) is 1.73. The van der Waals surface area contributed by atoms with Crippen molar-refractivity contribution in [1.82, 2.24) is 0 Å². The lowest BCUT2D eigenvalue weighted by Gasteiger charge is -1.80. The highest BCUT2D eigenvalue weighted by atomic mass is 32.0. The van der Waals surface area contributed by atoms with Gasteiger partial charge >= 0.3 is 0 Å². The molecule has 0 saturated carbocycles. The largest absolute Gasteiger partial charge is 0.169 e. The minimum absolute atomic E-state index is 0.296. The lowest BCUT2D eigenvalue weighted by Crippen LogP contribution is -1.45. The normalized spacial score (nSPS) is 8.50. The number of hydrogen-bond acceptors (Lipinski definition) is 0. The van der Waals surface area contributed by atoms with Gasteiger partial charge in [0.25, 0.3) is 0 Å². The zero-order chi connectivity index (χ0) is 3.58. The van der Waals surface area contributed by atoms with Crippen molar-refractivity contribution in [2.75, 3.05) is 0 Å². The Labute approximate surface area is 32.3 Å². The van der Waals surface area contributed by atoms with Gasteiger partial charge < -0.3 is 0 Å². The lowest BCUT2D eigenvalue weighted by atomic mass is 10.7. The van der Waals surface area contributed by atoms with Gasteiger partial charge in [-0.3, -0.25) is 0 Å². The monoisotopic (exact) mass is 90.0 g/mol. The fourth-order valence-corrected chi connectivity index (χ4v) is 0. The molecule has 0 spiro atoms. The summed E-state index contributed by atoms with van der Waals surface area (Å²) >= 11 is 0. The van der Waals surface area contributed by atoms with Gasteiger partial charge in [-0.1, -0.05) is 0 Å². The first-order valence-electron chi connectivity index (χ1n) is 1.15. The van der Waals surface area contributed by atoms with Crippen LogP contribution < -0.4 is 0 Å². The summed E-state index contributed by atoms with van der Waals surface area (Å²) in [6, 6.07) is 0. The Morgan fingerprint density at radius 2 is 1.50 bits per heavy atom. The van der Waals surface area contributed by atoms with Crippen LogP contribution in [0, 0.1) is 0 Å². The molecule has 0 aromatic heterocycles. The van der Waals surface area contributed by atoms with Crippen LogP contribution in [-0.2, 0) is 0 Å². The third kappa shape index (κ3) is 12.1. The maximum atomic E-state index is 2.72. The molecule has 22 valence electrons. The van der Waals surface area contributed by atoms with Crippen LogP contribution >= 0.6 is 16.3 Å². The van der Waals surface area contributed by atoms with Gasteiger partial charge in [-0.05, 0) is 0 Å². The van der Waals surface area contributed by atoms with Gasteiger partial charge in [0, 0.05) is 0 Å². The zero-order valence-electron chi connectivity index (χ0n) is 3.02. The minimum Gasteiger partial charge on any atom is -0.169 e. The first kappa shape index (κ1) is 4.99. The average Bonchev–Trinajstić information content (AvgIpc) is 0.811. The minimum atomic E-state index is 0.296. The van der Waals surface area contributed by atoms with Crippen molar-refractivity contribution < 1.29 is 0 Å². The second kappa shape index (κ2) is 2.24. The molecule has 4 heavy (non-hydrogen) atoms. The molecule has 0 bridgehead atoms. The Balaban J connectivity index is 2.32. The van der Waals surface area contributed by atoms with Crippen LogP contribution in [0.2, 0.25) is 0 Å². The van der Waals surface area contributed by atoms with Crippen LogP contribution in [0.1, 0.15) is 0 Å². The zero-order valence-corrected chi connectivity index (χ0v) is 5.07. The van der Waals surface area contributed by atoms with E-state index >= 15 is 0 Å². The Hall–Kier alpha value is 0.990. The smallest absolute Gasteiger partial charge is 0.127 e. The van der Waals surface area contributed by atoms with E-state index in [0.29, 0.717) is 7.37 Å². The van der Waals surface area contributed by atoms with E-state index in [1.54, 1.807) is 0 Å². The molecule has 0 radical (unpaired) electrons. The summed E-state index contributed by atoms with van der Waals surface area (Å²) in [6.45, 7) is 0. The van der Waals surface area contributed by atoms with Crippen LogP contribution in [0.25, 0.3) is 0 Å². The van der Waals surface area contributed by atoms with Crippen molar-refractivity contribution in [3.63, 3.8) is 0 Å². The van der Waals surface area contributed by atoms with Gasteiger partial charge in [0.15, 0.2) is 0 Å². The Morgan fingerprint density at radius 3 is 1.50 bits per heavy atom. The van der Waals surface area contributed by atoms with E-state index in [1.165, 1.54) is 0 Å². The molecule has 0 N–H and O–H groups in total. The lowest BCUT2D eigenvalue weighted by molar-refractivity contribution is 4.66. The first-order valence-corrected chi connectivity index (χ1v) is 5.01. The second-order valence-corrected chi connectivity index (χ2v) is 5.99. The van der Waals surface area contributed by atoms with E-state index in [1.807, 2.05) is 0 Å². The van der Waals surface area contributed by atoms with Crippen molar-refractivity contribution in [3.8, 4) is 0 Å². The molecular formula is H6B2P2. The summed E-state index contributed by atoms with van der Waals surface area (Å²) in [4.78, 5) is 0. The molecule has 0 fully saturated rings. The Bertz CT molecular complexity index is 8.75. The molecular weight excluding hydrogens is 83.6 g/mol. The van der Waals surface area contributed by atoms with Crippen LogP contribution in [0.4, 0.5) is 0 Å². The van der Waals surface area contributed by atoms with E-state index in [-0.39, 0.29) is 0 Å². The Morgan fingerprint density at radius 1 is 1.50 bits per heavy atom. The second-order valence-electron chi connectivity index (χ2n) is 0.964. The summed E-state index contributed by atoms with van der Waals surface area (Å²) in [7, 11) is 7.41. The fourth-order valence-electron chi connectivity index (χ4n) is 0. The van der Waals surface area contributed by atoms with E-state index in [9.17, 15) is 0 Å². The van der Waals surface area contributed by atoms with Crippen molar-refractivity contribution in [1.29, 1.82) is 0 Å². The molecule has 1 atom stereocenters. The van der Waals surface area contributed by atoms with Crippen molar-refractivity contribution in [3.05, 3.63) is 0 Å². The van der Waals surface area contributed by atoms with Gasteiger partial charge in [0.05, 0.1) is 0 Å². The van der Waals surface area contributed by atoms with Crippen molar-refractivity contribution in [2.24, 2.45) is 0 Å². The molecule has 1 unspecified atom stereocenters. The molecule has 0 aliphatic carbocycles. The summed E-state index contributed by atoms with van der Waals surface area (Å²) < 4.78 is 0. The topological polar surface area (TPSA) is 0 Å². The molecule has 0 amide bonds. The summed E-state index contributed by atoms with van der Waals surface area (Å²) in [6.07, 6.45) is 0. The highest BCUT2D eigenvalue weighted by Gasteiger charge is 1.68. The molecule has 4 heteroatoms. The van der Waals surface area contributed by atoms with Gasteiger partial charge in [0.1, 0.15) is 15.1 Å². The molecule has 0 nitrogen and oxygen atoms in total. The third-order valence-corrected chi connectivity index (χ3v) is 0. The van der Waals surface area contributed by atoms with Crippen LogP contribution in [-0.4, -0.2) is 15.1 Å². The predicted octanol–water partition coefficient (Wildman–Crippen LogP) is -0.645. The van der Waals surface area contributed by atoms with Crippen LogP contribution in [0.3, 0.4) is 0 Å². The van der Waals surface area contributed by atoms with E-state index in [0.717, 1.165) is 0 Å². The quantitative estimate of drug-likeness (QED) is 0.274. The average molecular weight is 89.6 g/mol. The third-order valence-electron chi connectivity index (χ3n) is 0. The van der Waals surface area contributed by atoms with Gasteiger partial charge in [-0.25, -0.2) is 0 Å². The van der Waals surface area contributed by atoms with Gasteiger partial charge in [-0.2, -0.15) is 7.37 Å². The molecule has 0 saturated heterocycles. The highest BCUT2D eigenvalue weighted by molar-refractivity contribution is 8.37. The summed E-state index contributed by atoms with van der Waals surface area (Å²) in [5.74, 6) is 0. The summed E-state index contributed by atoms with van der Waals surface area (Å²) in [5.41, 5.74) is 0. The maximum absolute atomic E-state index is 2.72. The number of hydrogen-bond donors (Lipinski definition) is 0. The van der Waals surface area contributed by atoms with Crippen LogP contribution in [0.15, 0.2) is 0 Å².